The number of carbonyl (C=O) groups is 1. The van der Waals surface area contributed by atoms with Crippen LogP contribution in [-0.4, -0.2) is 33.1 Å². The number of hydrogen-bond donors (Lipinski definition) is 1. The maximum Gasteiger partial charge on any atom is 0.174 e. The third-order valence-electron chi connectivity index (χ3n) is 3.11. The molecule has 0 aromatic carbocycles. The number of Topliss-reactive ketones (excluding diaryl/α,β-unsaturated/α-hetero) is 1. The van der Waals surface area contributed by atoms with E-state index >= 15 is 0 Å². The summed E-state index contributed by atoms with van der Waals surface area (Å²) in [4.78, 5) is 12.0. The van der Waals surface area contributed by atoms with Crippen molar-refractivity contribution in [2.75, 3.05) is 12.4 Å². The predicted molar refractivity (Wildman–Crippen MR) is 72.8 cm³/mol. The first kappa shape index (κ1) is 14.3. The second-order valence-corrected chi connectivity index (χ2v) is 5.83. The summed E-state index contributed by atoms with van der Waals surface area (Å²) >= 11 is 1.61. The van der Waals surface area contributed by atoms with E-state index in [4.69, 9.17) is 5.11 Å². The molecule has 4 heteroatoms. The first-order valence-electron chi connectivity index (χ1n) is 5.86. The Hall–Kier alpha value is -0.740. The van der Waals surface area contributed by atoms with Crippen molar-refractivity contribution >= 4 is 17.5 Å². The van der Waals surface area contributed by atoms with Gasteiger partial charge in [-0.15, -0.1) is 0 Å². The predicted octanol–water partition coefficient (Wildman–Crippen LogP) is 2.33. The zero-order valence-electron chi connectivity index (χ0n) is 11.0. The molecule has 0 amide bonds. The Bertz CT molecular complexity index is 398. The SMILES string of the molecule is Cc1cc(C(=O)CSC(C)CCO)c(C)n1C. The van der Waals surface area contributed by atoms with Crippen LogP contribution in [0.25, 0.3) is 0 Å². The van der Waals surface area contributed by atoms with Crippen LogP contribution in [0.2, 0.25) is 0 Å². The topological polar surface area (TPSA) is 42.2 Å². The lowest BCUT2D eigenvalue weighted by molar-refractivity contribution is 0.102. The van der Waals surface area contributed by atoms with Crippen LogP contribution in [0.5, 0.6) is 0 Å². The van der Waals surface area contributed by atoms with E-state index in [0.717, 1.165) is 23.4 Å². The van der Waals surface area contributed by atoms with E-state index in [1.165, 1.54) is 0 Å². The smallest absolute Gasteiger partial charge is 0.174 e. The molecule has 0 bridgehead atoms. The van der Waals surface area contributed by atoms with Crippen molar-refractivity contribution in [2.24, 2.45) is 7.05 Å². The van der Waals surface area contributed by atoms with Crippen molar-refractivity contribution in [1.29, 1.82) is 0 Å². The molecule has 1 heterocycles. The van der Waals surface area contributed by atoms with Crippen LogP contribution in [0, 0.1) is 13.8 Å². The highest BCUT2D eigenvalue weighted by atomic mass is 32.2. The summed E-state index contributed by atoms with van der Waals surface area (Å²) in [7, 11) is 1.98. The van der Waals surface area contributed by atoms with Gasteiger partial charge in [0.2, 0.25) is 0 Å². The highest BCUT2D eigenvalue weighted by Crippen LogP contribution is 2.19. The van der Waals surface area contributed by atoms with Crippen molar-refractivity contribution in [1.82, 2.24) is 4.57 Å². The monoisotopic (exact) mass is 255 g/mol. The quantitative estimate of drug-likeness (QED) is 0.793. The lowest BCUT2D eigenvalue weighted by Gasteiger charge is -2.08. The lowest BCUT2D eigenvalue weighted by Crippen LogP contribution is -2.08. The summed E-state index contributed by atoms with van der Waals surface area (Å²) in [5, 5.41) is 9.13. The van der Waals surface area contributed by atoms with E-state index in [-0.39, 0.29) is 12.4 Å². The molecule has 1 rings (SSSR count). The maximum atomic E-state index is 12.0. The fourth-order valence-electron chi connectivity index (χ4n) is 1.70. The average Bonchev–Trinajstić information content (AvgIpc) is 2.54. The van der Waals surface area contributed by atoms with Crippen molar-refractivity contribution < 1.29 is 9.90 Å². The highest BCUT2D eigenvalue weighted by Gasteiger charge is 2.15. The Morgan fingerprint density at radius 1 is 1.53 bits per heavy atom. The molecule has 1 atom stereocenters. The number of hydrogen-bond acceptors (Lipinski definition) is 3. The standard InChI is InChI=1S/C13H21NO2S/c1-9-7-12(11(3)14(9)4)13(16)8-17-10(2)5-6-15/h7,10,15H,5-6,8H2,1-4H3. The average molecular weight is 255 g/mol. The molecule has 3 nitrogen and oxygen atoms in total. The van der Waals surface area contributed by atoms with Crippen molar-refractivity contribution in [3.63, 3.8) is 0 Å². The molecule has 1 N–H and O–H groups in total. The minimum Gasteiger partial charge on any atom is -0.396 e. The first-order chi connectivity index (χ1) is 7.97. The number of aryl methyl sites for hydroxylation is 1. The molecule has 1 aromatic rings. The highest BCUT2D eigenvalue weighted by molar-refractivity contribution is 8.00. The second-order valence-electron chi connectivity index (χ2n) is 4.40. The van der Waals surface area contributed by atoms with Gasteiger partial charge in [0.05, 0.1) is 5.75 Å². The second kappa shape index (κ2) is 6.26. The number of ketones is 1. The Kier molecular flexibility index (Phi) is 5.28. The molecule has 0 radical (unpaired) electrons. The molecular formula is C13H21NO2S. The van der Waals surface area contributed by atoms with Gasteiger partial charge in [-0.25, -0.2) is 0 Å². The number of aliphatic hydroxyl groups is 1. The van der Waals surface area contributed by atoms with E-state index in [2.05, 4.69) is 0 Å². The maximum absolute atomic E-state index is 12.0. The summed E-state index contributed by atoms with van der Waals surface area (Å²) in [6.45, 7) is 6.20. The number of rotatable bonds is 6. The summed E-state index contributed by atoms with van der Waals surface area (Å²) in [5.74, 6) is 0.673. The molecular weight excluding hydrogens is 234 g/mol. The van der Waals surface area contributed by atoms with Crippen LogP contribution in [0.15, 0.2) is 6.07 Å². The van der Waals surface area contributed by atoms with Gasteiger partial charge in [0.15, 0.2) is 5.78 Å². The van der Waals surface area contributed by atoms with Crippen LogP contribution in [-0.2, 0) is 7.05 Å². The Morgan fingerprint density at radius 2 is 2.18 bits per heavy atom. The summed E-state index contributed by atoms with van der Waals surface area (Å²) in [6, 6.07) is 1.95. The minimum absolute atomic E-state index is 0.181. The number of aromatic nitrogens is 1. The molecule has 1 aromatic heterocycles. The van der Waals surface area contributed by atoms with Gasteiger partial charge in [-0.2, -0.15) is 11.8 Å². The third kappa shape index (κ3) is 3.61. The molecule has 1 unspecified atom stereocenters. The normalized spacial score (nSPS) is 12.8. The number of thioether (sulfide) groups is 1. The Balaban J connectivity index is 2.61. The molecule has 0 aliphatic rings. The fourth-order valence-corrected chi connectivity index (χ4v) is 2.56. The van der Waals surface area contributed by atoms with Gasteiger partial charge in [-0.3, -0.25) is 4.79 Å². The first-order valence-corrected chi connectivity index (χ1v) is 6.90. The van der Waals surface area contributed by atoms with E-state index in [9.17, 15) is 4.79 Å². The fraction of sp³-hybridized carbons (Fsp3) is 0.615. The van der Waals surface area contributed by atoms with Gasteiger partial charge >= 0.3 is 0 Å². The zero-order chi connectivity index (χ0) is 13.0. The van der Waals surface area contributed by atoms with Crippen LogP contribution < -0.4 is 0 Å². The Morgan fingerprint density at radius 3 is 2.65 bits per heavy atom. The van der Waals surface area contributed by atoms with Gasteiger partial charge in [0.25, 0.3) is 0 Å². The van der Waals surface area contributed by atoms with Crippen molar-refractivity contribution in [3.8, 4) is 0 Å². The third-order valence-corrected chi connectivity index (χ3v) is 4.34. The molecule has 0 aliphatic carbocycles. The number of nitrogens with zero attached hydrogens (tertiary/aromatic N) is 1. The molecule has 0 saturated carbocycles. The molecule has 17 heavy (non-hydrogen) atoms. The van der Waals surface area contributed by atoms with Crippen molar-refractivity contribution in [2.45, 2.75) is 32.4 Å². The molecule has 0 spiro atoms. The lowest BCUT2D eigenvalue weighted by atomic mass is 10.2. The summed E-state index contributed by atoms with van der Waals surface area (Å²) in [5.41, 5.74) is 2.97. The van der Waals surface area contributed by atoms with Crippen LogP contribution in [0.4, 0.5) is 0 Å². The van der Waals surface area contributed by atoms with E-state index < -0.39 is 0 Å². The van der Waals surface area contributed by atoms with Crippen LogP contribution >= 0.6 is 11.8 Å². The van der Waals surface area contributed by atoms with Gasteiger partial charge in [0.1, 0.15) is 0 Å². The molecule has 0 saturated heterocycles. The van der Waals surface area contributed by atoms with Crippen molar-refractivity contribution in [3.05, 3.63) is 23.0 Å². The Labute approximate surface area is 107 Å². The van der Waals surface area contributed by atoms with E-state index in [1.807, 2.05) is 38.5 Å². The molecule has 96 valence electrons. The van der Waals surface area contributed by atoms with Gasteiger partial charge in [-0.1, -0.05) is 6.92 Å². The number of aliphatic hydroxyl groups excluding tert-OH is 1. The van der Waals surface area contributed by atoms with E-state index in [1.54, 1.807) is 11.8 Å². The molecule has 0 fully saturated rings. The summed E-state index contributed by atoms with van der Waals surface area (Å²) < 4.78 is 2.04. The van der Waals surface area contributed by atoms with Gasteiger partial charge in [-0.05, 0) is 26.3 Å². The molecule has 0 aliphatic heterocycles. The zero-order valence-corrected chi connectivity index (χ0v) is 11.8. The minimum atomic E-state index is 0.181. The summed E-state index contributed by atoms with van der Waals surface area (Å²) in [6.07, 6.45) is 0.741. The van der Waals surface area contributed by atoms with Gasteiger partial charge in [0, 0.05) is 35.9 Å². The van der Waals surface area contributed by atoms with Crippen LogP contribution in [0.1, 0.15) is 35.1 Å². The van der Waals surface area contributed by atoms with E-state index in [0.29, 0.717) is 11.0 Å². The largest absolute Gasteiger partial charge is 0.396 e. The van der Waals surface area contributed by atoms with Crippen LogP contribution in [0.3, 0.4) is 0 Å². The van der Waals surface area contributed by atoms with Gasteiger partial charge < -0.3 is 9.67 Å². The number of carbonyl (C=O) groups excluding carboxylic acids is 1.